The number of furan rings is 1. The van der Waals surface area contributed by atoms with Gasteiger partial charge in [0.2, 0.25) is 0 Å². The first-order chi connectivity index (χ1) is 7.93. The second kappa shape index (κ2) is 4.07. The fraction of sp³-hybridized carbons (Fsp3) is 0.333. The first-order valence-electron chi connectivity index (χ1n) is 5.20. The fourth-order valence-corrected chi connectivity index (χ4v) is 1.68. The molecule has 0 fully saturated rings. The summed E-state index contributed by atoms with van der Waals surface area (Å²) in [6, 6.07) is 5.27. The third kappa shape index (κ3) is 2.15. The number of alkyl halides is 3. The molecular weight excluding hydrogens is 231 g/mol. The zero-order valence-electron chi connectivity index (χ0n) is 9.43. The number of rotatable bonds is 2. The van der Waals surface area contributed by atoms with E-state index in [-0.39, 0.29) is 17.0 Å². The highest BCUT2D eigenvalue weighted by Crippen LogP contribution is 2.36. The molecule has 1 N–H and O–H groups in total. The third-order valence-electron chi connectivity index (χ3n) is 2.75. The lowest BCUT2D eigenvalue weighted by Gasteiger charge is -2.06. The van der Waals surface area contributed by atoms with Crippen LogP contribution < -0.4 is 5.32 Å². The minimum atomic E-state index is -4.36. The smallest absolute Gasteiger partial charge is 0.417 e. The zero-order chi connectivity index (χ0) is 12.6. The van der Waals surface area contributed by atoms with Crippen molar-refractivity contribution >= 4 is 11.0 Å². The molecule has 2 rings (SSSR count). The summed E-state index contributed by atoms with van der Waals surface area (Å²) >= 11 is 0. The maximum Gasteiger partial charge on any atom is 0.417 e. The lowest BCUT2D eigenvalue weighted by molar-refractivity contribution is -0.136. The quantitative estimate of drug-likeness (QED) is 0.869. The van der Waals surface area contributed by atoms with E-state index in [1.807, 2.05) is 6.92 Å². The molecule has 0 saturated carbocycles. The number of hydrogen-bond acceptors (Lipinski definition) is 2. The van der Waals surface area contributed by atoms with Crippen LogP contribution >= 0.6 is 0 Å². The van der Waals surface area contributed by atoms with Crippen LogP contribution in [0.1, 0.15) is 24.3 Å². The van der Waals surface area contributed by atoms with E-state index in [1.165, 1.54) is 18.2 Å². The van der Waals surface area contributed by atoms with Gasteiger partial charge in [-0.2, -0.15) is 13.2 Å². The Hall–Kier alpha value is -1.49. The molecule has 2 nitrogen and oxygen atoms in total. The molecule has 0 aliphatic rings. The number of fused-ring (bicyclic) bond motifs is 1. The van der Waals surface area contributed by atoms with Crippen molar-refractivity contribution in [2.75, 3.05) is 7.05 Å². The molecule has 1 heterocycles. The second-order valence-electron chi connectivity index (χ2n) is 3.87. The van der Waals surface area contributed by atoms with Crippen molar-refractivity contribution in [1.29, 1.82) is 0 Å². The minimum absolute atomic E-state index is 0.108. The number of halogens is 3. The summed E-state index contributed by atoms with van der Waals surface area (Å²) in [6.07, 6.45) is -4.36. The van der Waals surface area contributed by atoms with Gasteiger partial charge in [0.25, 0.3) is 0 Å². The fourth-order valence-electron chi connectivity index (χ4n) is 1.68. The van der Waals surface area contributed by atoms with Gasteiger partial charge in [-0.1, -0.05) is 6.07 Å². The Labute approximate surface area is 96.4 Å². The molecule has 0 saturated heterocycles. The highest BCUT2D eigenvalue weighted by molar-refractivity contribution is 5.82. The van der Waals surface area contributed by atoms with Gasteiger partial charge in [0.05, 0.1) is 11.6 Å². The van der Waals surface area contributed by atoms with E-state index in [2.05, 4.69) is 5.32 Å². The maximum absolute atomic E-state index is 12.8. The summed E-state index contributed by atoms with van der Waals surface area (Å²) in [7, 11) is 1.72. The molecule has 5 heteroatoms. The van der Waals surface area contributed by atoms with Crippen LogP contribution in [0.4, 0.5) is 13.2 Å². The number of nitrogens with one attached hydrogen (secondary N) is 1. The zero-order valence-corrected chi connectivity index (χ0v) is 9.43. The standard InChI is InChI=1S/C12H12F3NO/c1-7(16-2)11-6-8-9(12(13,14)15)4-3-5-10(8)17-11/h3-7,16H,1-2H3. The summed E-state index contributed by atoms with van der Waals surface area (Å²) < 4.78 is 43.7. The molecule has 92 valence electrons. The van der Waals surface area contributed by atoms with E-state index in [9.17, 15) is 13.2 Å². The van der Waals surface area contributed by atoms with Crippen molar-refractivity contribution in [2.45, 2.75) is 19.1 Å². The average Bonchev–Trinajstić information content (AvgIpc) is 2.69. The van der Waals surface area contributed by atoms with E-state index in [4.69, 9.17) is 4.42 Å². The lowest BCUT2D eigenvalue weighted by Crippen LogP contribution is -2.11. The van der Waals surface area contributed by atoms with Gasteiger partial charge in [0, 0.05) is 5.39 Å². The normalized spacial score (nSPS) is 14.2. The molecule has 1 unspecified atom stereocenters. The van der Waals surface area contributed by atoms with Crippen LogP contribution in [0.15, 0.2) is 28.7 Å². The minimum Gasteiger partial charge on any atom is -0.459 e. The largest absolute Gasteiger partial charge is 0.459 e. The molecule has 17 heavy (non-hydrogen) atoms. The Balaban J connectivity index is 2.61. The average molecular weight is 243 g/mol. The SMILES string of the molecule is CNC(C)c1cc2c(C(F)(F)F)cccc2o1. The van der Waals surface area contributed by atoms with Crippen LogP contribution in [-0.2, 0) is 6.18 Å². The van der Waals surface area contributed by atoms with E-state index >= 15 is 0 Å². The first kappa shape index (κ1) is 12.0. The summed E-state index contributed by atoms with van der Waals surface area (Å²) in [5.41, 5.74) is -0.398. The van der Waals surface area contributed by atoms with Crippen LogP contribution in [0, 0.1) is 0 Å². The predicted molar refractivity (Wildman–Crippen MR) is 58.7 cm³/mol. The monoisotopic (exact) mass is 243 g/mol. The van der Waals surface area contributed by atoms with Gasteiger partial charge in [0.15, 0.2) is 0 Å². The Morgan fingerprint density at radius 1 is 1.29 bits per heavy atom. The van der Waals surface area contributed by atoms with Gasteiger partial charge in [-0.15, -0.1) is 0 Å². The summed E-state index contributed by atoms with van der Waals surface area (Å²) in [6.45, 7) is 1.82. The molecule has 2 aromatic rings. The van der Waals surface area contributed by atoms with Crippen LogP contribution in [0.2, 0.25) is 0 Å². The molecule has 0 aliphatic carbocycles. The highest BCUT2D eigenvalue weighted by Gasteiger charge is 2.33. The predicted octanol–water partition coefficient (Wildman–Crippen LogP) is 3.73. The summed E-state index contributed by atoms with van der Waals surface area (Å²) in [5.74, 6) is 0.499. The summed E-state index contributed by atoms with van der Waals surface area (Å²) in [4.78, 5) is 0. The van der Waals surface area contributed by atoms with Crippen molar-refractivity contribution in [3.63, 3.8) is 0 Å². The molecule has 1 atom stereocenters. The third-order valence-corrected chi connectivity index (χ3v) is 2.75. The van der Waals surface area contributed by atoms with Gasteiger partial charge in [-0.05, 0) is 32.2 Å². The van der Waals surface area contributed by atoms with Crippen LogP contribution in [0.3, 0.4) is 0 Å². The molecular formula is C12H12F3NO. The van der Waals surface area contributed by atoms with Crippen LogP contribution in [0.25, 0.3) is 11.0 Å². The molecule has 0 bridgehead atoms. The molecule has 0 spiro atoms. The van der Waals surface area contributed by atoms with E-state index in [0.29, 0.717) is 5.76 Å². The maximum atomic E-state index is 12.8. The van der Waals surface area contributed by atoms with Gasteiger partial charge < -0.3 is 9.73 Å². The molecule has 0 amide bonds. The van der Waals surface area contributed by atoms with Crippen LogP contribution in [0.5, 0.6) is 0 Å². The number of benzene rings is 1. The second-order valence-corrected chi connectivity index (χ2v) is 3.87. The Morgan fingerprint density at radius 3 is 2.59 bits per heavy atom. The van der Waals surface area contributed by atoms with Crippen molar-refractivity contribution in [1.82, 2.24) is 5.32 Å². The lowest BCUT2D eigenvalue weighted by atomic mass is 10.1. The van der Waals surface area contributed by atoms with E-state index in [1.54, 1.807) is 7.05 Å². The van der Waals surface area contributed by atoms with Crippen LogP contribution in [-0.4, -0.2) is 7.05 Å². The van der Waals surface area contributed by atoms with Gasteiger partial charge in [-0.25, -0.2) is 0 Å². The van der Waals surface area contributed by atoms with Crippen molar-refractivity contribution < 1.29 is 17.6 Å². The van der Waals surface area contributed by atoms with E-state index in [0.717, 1.165) is 6.07 Å². The summed E-state index contributed by atoms with van der Waals surface area (Å²) in [5, 5.41) is 3.03. The topological polar surface area (TPSA) is 25.2 Å². The molecule has 0 aliphatic heterocycles. The number of hydrogen-bond donors (Lipinski definition) is 1. The van der Waals surface area contributed by atoms with Crippen molar-refractivity contribution in [3.05, 3.63) is 35.6 Å². The first-order valence-corrected chi connectivity index (χ1v) is 5.20. The van der Waals surface area contributed by atoms with E-state index < -0.39 is 11.7 Å². The van der Waals surface area contributed by atoms with Gasteiger partial charge in [-0.3, -0.25) is 0 Å². The molecule has 1 aromatic heterocycles. The van der Waals surface area contributed by atoms with Gasteiger partial charge in [0.1, 0.15) is 11.3 Å². The Bertz CT molecular complexity index is 530. The molecule has 1 aromatic carbocycles. The van der Waals surface area contributed by atoms with Gasteiger partial charge >= 0.3 is 6.18 Å². The Morgan fingerprint density at radius 2 is 2.00 bits per heavy atom. The molecule has 0 radical (unpaired) electrons. The Kier molecular flexibility index (Phi) is 2.87. The highest BCUT2D eigenvalue weighted by atomic mass is 19.4. The van der Waals surface area contributed by atoms with Crippen molar-refractivity contribution in [3.8, 4) is 0 Å². The van der Waals surface area contributed by atoms with Crippen molar-refractivity contribution in [2.24, 2.45) is 0 Å².